The van der Waals surface area contributed by atoms with Gasteiger partial charge in [0.2, 0.25) is 17.7 Å². The predicted octanol–water partition coefficient (Wildman–Crippen LogP) is 3.33. The normalized spacial score (nSPS) is 29.3. The van der Waals surface area contributed by atoms with Crippen LogP contribution in [-0.2, 0) is 25.5 Å². The molecule has 3 amide bonds. The number of nitrogens with zero attached hydrogens (tertiary/aromatic N) is 1. The van der Waals surface area contributed by atoms with Gasteiger partial charge >= 0.3 is 0 Å². The molecule has 0 radical (unpaired) electrons. The second kappa shape index (κ2) is 9.27. The Balaban J connectivity index is 1.48. The number of benzene rings is 2. The Kier molecular flexibility index (Phi) is 6.34. The number of carbonyl (C=O) groups is 3. The molecule has 8 heteroatoms. The lowest BCUT2D eigenvalue weighted by atomic mass is 9.70. The summed E-state index contributed by atoms with van der Waals surface area (Å²) in [7, 11) is 1.61. The van der Waals surface area contributed by atoms with Crippen molar-refractivity contribution in [2.45, 2.75) is 56.9 Å². The third-order valence-corrected chi connectivity index (χ3v) is 7.67. The van der Waals surface area contributed by atoms with Crippen LogP contribution in [0.3, 0.4) is 0 Å². The summed E-state index contributed by atoms with van der Waals surface area (Å²) in [6, 6.07) is 15.9. The molecule has 2 aromatic carbocycles. The van der Waals surface area contributed by atoms with E-state index < -0.39 is 34.6 Å². The highest BCUT2D eigenvalue weighted by Gasteiger charge is 2.76. The van der Waals surface area contributed by atoms with Gasteiger partial charge in [0, 0.05) is 17.8 Å². The molecule has 2 fully saturated rings. The summed E-state index contributed by atoms with van der Waals surface area (Å²) >= 11 is 0. The Morgan fingerprint density at radius 3 is 2.34 bits per heavy atom. The van der Waals surface area contributed by atoms with E-state index in [1.807, 2.05) is 82.3 Å². The van der Waals surface area contributed by atoms with Crippen LogP contribution in [0, 0.1) is 11.8 Å². The van der Waals surface area contributed by atoms with Crippen LogP contribution in [0.25, 0.3) is 0 Å². The topological polar surface area (TPSA) is 97.0 Å². The van der Waals surface area contributed by atoms with Crippen molar-refractivity contribution in [1.29, 1.82) is 0 Å². The Hall–Kier alpha value is -3.65. The maximum atomic E-state index is 14.1. The van der Waals surface area contributed by atoms with Gasteiger partial charge in [-0.05, 0) is 63.9 Å². The molecule has 2 saturated heterocycles. The van der Waals surface area contributed by atoms with Crippen molar-refractivity contribution >= 4 is 23.4 Å². The van der Waals surface area contributed by atoms with Crippen molar-refractivity contribution in [3.63, 3.8) is 0 Å². The van der Waals surface area contributed by atoms with Gasteiger partial charge in [-0.15, -0.1) is 0 Å². The first-order chi connectivity index (χ1) is 18.0. The third-order valence-electron chi connectivity index (χ3n) is 7.67. The molecule has 3 aliphatic heterocycles. The average molecular weight is 518 g/mol. The van der Waals surface area contributed by atoms with E-state index in [-0.39, 0.29) is 17.7 Å². The molecule has 0 aromatic heterocycles. The molecule has 3 heterocycles. The lowest BCUT2D eigenvalue weighted by Crippen LogP contribution is -2.58. The number of anilines is 1. The van der Waals surface area contributed by atoms with Crippen molar-refractivity contribution in [2.75, 3.05) is 19.0 Å². The number of carbonyl (C=O) groups excluding carboxylic acids is 3. The van der Waals surface area contributed by atoms with Gasteiger partial charge in [0.25, 0.3) is 0 Å². The zero-order valence-corrected chi connectivity index (χ0v) is 22.5. The molecule has 3 aliphatic rings. The number of amides is 3. The Morgan fingerprint density at radius 2 is 1.71 bits per heavy atom. The predicted molar refractivity (Wildman–Crippen MR) is 144 cm³/mol. The minimum absolute atomic E-state index is 0.242. The molecular weight excluding hydrogens is 482 g/mol. The van der Waals surface area contributed by atoms with Crippen LogP contribution < -0.4 is 15.4 Å². The van der Waals surface area contributed by atoms with Crippen molar-refractivity contribution in [3.8, 4) is 5.75 Å². The lowest BCUT2D eigenvalue weighted by molar-refractivity contribution is -0.144. The third kappa shape index (κ3) is 4.36. The van der Waals surface area contributed by atoms with E-state index in [1.54, 1.807) is 24.1 Å². The molecular formula is C30H35N3O5. The highest BCUT2D eigenvalue weighted by Crippen LogP contribution is 2.59. The summed E-state index contributed by atoms with van der Waals surface area (Å²) in [5.74, 6) is -1.67. The standard InChI is InChI=1S/C30H35N3O5/c1-28(2,3)32-26(35)24-30-17-16-29(4,38-30)22(25(34)31-20-9-7-6-8-10-20)23(30)27(36)33(24)18-15-19-11-13-21(37-5)14-12-19/h6-14,16-17,22-24H,15,18H2,1-5H3,(H,31,34)(H,32,35)/t22-,23+,24-,29-,30+/m1/s1. The molecule has 2 N–H and O–H groups in total. The number of rotatable bonds is 7. The molecule has 2 bridgehead atoms. The van der Waals surface area contributed by atoms with Crippen molar-refractivity contribution < 1.29 is 23.9 Å². The minimum Gasteiger partial charge on any atom is -0.497 e. The summed E-state index contributed by atoms with van der Waals surface area (Å²) in [6.45, 7) is 7.84. The van der Waals surface area contributed by atoms with E-state index in [9.17, 15) is 14.4 Å². The van der Waals surface area contributed by atoms with Gasteiger partial charge in [-0.2, -0.15) is 0 Å². The van der Waals surface area contributed by atoms with Crippen molar-refractivity contribution in [1.82, 2.24) is 10.2 Å². The van der Waals surface area contributed by atoms with E-state index in [0.29, 0.717) is 18.7 Å². The van der Waals surface area contributed by atoms with Crippen LogP contribution >= 0.6 is 0 Å². The number of hydrogen-bond acceptors (Lipinski definition) is 5. The zero-order chi connectivity index (χ0) is 27.3. The molecule has 5 rings (SSSR count). The fourth-order valence-electron chi connectivity index (χ4n) is 6.09. The average Bonchev–Trinajstić information content (AvgIpc) is 3.43. The Morgan fingerprint density at radius 1 is 1.03 bits per heavy atom. The van der Waals surface area contributed by atoms with E-state index >= 15 is 0 Å². The zero-order valence-electron chi connectivity index (χ0n) is 22.5. The van der Waals surface area contributed by atoms with E-state index in [1.165, 1.54) is 0 Å². The van der Waals surface area contributed by atoms with Crippen LogP contribution in [0.5, 0.6) is 5.75 Å². The van der Waals surface area contributed by atoms with Crippen LogP contribution in [0.2, 0.25) is 0 Å². The van der Waals surface area contributed by atoms with Crippen molar-refractivity contribution in [3.05, 3.63) is 72.3 Å². The fourth-order valence-corrected chi connectivity index (χ4v) is 6.09. The molecule has 200 valence electrons. The first-order valence-corrected chi connectivity index (χ1v) is 13.0. The van der Waals surface area contributed by atoms with Gasteiger partial charge in [-0.25, -0.2) is 0 Å². The van der Waals surface area contributed by atoms with Crippen LogP contribution in [0.1, 0.15) is 33.3 Å². The molecule has 38 heavy (non-hydrogen) atoms. The summed E-state index contributed by atoms with van der Waals surface area (Å²) in [5.41, 5.74) is -1.08. The van der Waals surface area contributed by atoms with Gasteiger partial charge in [0.15, 0.2) is 0 Å². The highest BCUT2D eigenvalue weighted by atomic mass is 16.5. The maximum absolute atomic E-state index is 14.1. The first-order valence-electron chi connectivity index (χ1n) is 13.0. The number of ether oxygens (including phenoxy) is 2. The quantitative estimate of drug-likeness (QED) is 0.550. The largest absolute Gasteiger partial charge is 0.497 e. The highest BCUT2D eigenvalue weighted by molar-refractivity contribution is 6.03. The Labute approximate surface area is 223 Å². The number of likely N-dealkylation sites (tertiary alicyclic amines) is 1. The number of para-hydroxylation sites is 1. The monoisotopic (exact) mass is 517 g/mol. The number of hydrogen-bond donors (Lipinski definition) is 2. The van der Waals surface area contributed by atoms with Gasteiger partial charge in [-0.1, -0.05) is 42.5 Å². The molecule has 8 nitrogen and oxygen atoms in total. The Bertz CT molecular complexity index is 1270. The fraction of sp³-hybridized carbons (Fsp3) is 0.433. The van der Waals surface area contributed by atoms with E-state index in [0.717, 1.165) is 11.3 Å². The smallest absolute Gasteiger partial charge is 0.246 e. The van der Waals surface area contributed by atoms with E-state index in [2.05, 4.69) is 10.6 Å². The molecule has 0 aliphatic carbocycles. The molecule has 5 atom stereocenters. The maximum Gasteiger partial charge on any atom is 0.246 e. The first kappa shape index (κ1) is 26.0. The second-order valence-corrected chi connectivity index (χ2v) is 11.6. The van der Waals surface area contributed by atoms with Gasteiger partial charge in [0.1, 0.15) is 17.4 Å². The molecule has 1 spiro atoms. The van der Waals surface area contributed by atoms with Gasteiger partial charge in [0.05, 0.1) is 24.5 Å². The van der Waals surface area contributed by atoms with Crippen LogP contribution in [0.15, 0.2) is 66.7 Å². The summed E-state index contributed by atoms with van der Waals surface area (Å²) < 4.78 is 11.8. The number of methoxy groups -OCH3 is 1. The summed E-state index contributed by atoms with van der Waals surface area (Å²) in [5, 5.41) is 6.00. The summed E-state index contributed by atoms with van der Waals surface area (Å²) in [6.07, 6.45) is 4.22. The number of nitrogens with one attached hydrogen (secondary N) is 2. The van der Waals surface area contributed by atoms with Gasteiger partial charge < -0.3 is 25.0 Å². The molecule has 0 saturated carbocycles. The molecule has 0 unspecified atom stereocenters. The summed E-state index contributed by atoms with van der Waals surface area (Å²) in [4.78, 5) is 43.1. The van der Waals surface area contributed by atoms with Crippen LogP contribution in [-0.4, -0.2) is 59.1 Å². The second-order valence-electron chi connectivity index (χ2n) is 11.6. The molecule has 2 aromatic rings. The van der Waals surface area contributed by atoms with Crippen LogP contribution in [0.4, 0.5) is 5.69 Å². The van der Waals surface area contributed by atoms with Crippen molar-refractivity contribution in [2.24, 2.45) is 11.8 Å². The van der Waals surface area contributed by atoms with Gasteiger partial charge in [-0.3, -0.25) is 14.4 Å². The lowest BCUT2D eigenvalue weighted by Gasteiger charge is -2.35. The SMILES string of the molecule is COc1ccc(CCN2C(=O)[C@@H]3[C@H](C(=O)Nc4ccccc4)[C@@]4(C)C=C[C@@]3(O4)[C@H]2C(=O)NC(C)(C)C)cc1. The minimum atomic E-state index is -1.22. The van der Waals surface area contributed by atoms with E-state index in [4.69, 9.17) is 9.47 Å². The number of fused-ring (bicyclic) bond motifs is 1.